The van der Waals surface area contributed by atoms with Crippen molar-refractivity contribution in [2.75, 3.05) is 6.61 Å². The largest absolute Gasteiger partial charge is 0.462 e. The molecule has 3 heteroatoms. The summed E-state index contributed by atoms with van der Waals surface area (Å²) in [6.45, 7) is 3.99. The molecule has 1 aromatic rings. The summed E-state index contributed by atoms with van der Waals surface area (Å²) in [5.41, 5.74) is 0.628. The Bertz CT molecular complexity index is 402. The molecule has 1 atom stereocenters. The molecule has 1 fully saturated rings. The van der Waals surface area contributed by atoms with E-state index in [0.717, 1.165) is 18.4 Å². The van der Waals surface area contributed by atoms with E-state index >= 15 is 0 Å². The predicted molar refractivity (Wildman–Crippen MR) is 64.7 cm³/mol. The van der Waals surface area contributed by atoms with Crippen LogP contribution in [0.25, 0.3) is 0 Å². The number of carbonyl (C=O) groups excluding carboxylic acids is 1. The van der Waals surface area contributed by atoms with Crippen LogP contribution in [0.1, 0.15) is 42.6 Å². The van der Waals surface area contributed by atoms with Gasteiger partial charge in [-0.3, -0.25) is 0 Å². The van der Waals surface area contributed by atoms with E-state index in [0.29, 0.717) is 18.1 Å². The molecule has 0 aromatic heterocycles. The van der Waals surface area contributed by atoms with Crippen LogP contribution in [0.4, 0.5) is 0 Å². The smallest absolute Gasteiger partial charge is 0.338 e. The Morgan fingerprint density at radius 1 is 1.41 bits per heavy atom. The van der Waals surface area contributed by atoms with Crippen LogP contribution in [-0.4, -0.2) is 17.7 Å². The SMILES string of the molecule is CCOC(=O)c1ccc(C(C)(O)C2CC2)cc1. The van der Waals surface area contributed by atoms with Gasteiger partial charge < -0.3 is 9.84 Å². The molecule has 92 valence electrons. The fraction of sp³-hybridized carbons (Fsp3) is 0.500. The minimum absolute atomic E-state index is 0.315. The standard InChI is InChI=1S/C14H18O3/c1-3-17-13(15)10-4-6-11(7-5-10)14(2,16)12-8-9-12/h4-7,12,16H,3,8-9H2,1-2H3. The molecule has 0 radical (unpaired) electrons. The van der Waals surface area contributed by atoms with Crippen molar-refractivity contribution >= 4 is 5.97 Å². The topological polar surface area (TPSA) is 46.5 Å². The van der Waals surface area contributed by atoms with E-state index in [-0.39, 0.29) is 5.97 Å². The van der Waals surface area contributed by atoms with E-state index in [4.69, 9.17) is 4.74 Å². The molecule has 1 unspecified atom stereocenters. The van der Waals surface area contributed by atoms with Crippen molar-refractivity contribution < 1.29 is 14.6 Å². The zero-order valence-electron chi connectivity index (χ0n) is 10.3. The van der Waals surface area contributed by atoms with Crippen molar-refractivity contribution in [3.63, 3.8) is 0 Å². The third kappa shape index (κ3) is 2.50. The van der Waals surface area contributed by atoms with Gasteiger partial charge in [-0.25, -0.2) is 4.79 Å². The Balaban J connectivity index is 2.15. The number of esters is 1. The predicted octanol–water partition coefficient (Wildman–Crippen LogP) is 2.48. The lowest BCUT2D eigenvalue weighted by Gasteiger charge is -2.23. The van der Waals surface area contributed by atoms with Gasteiger partial charge in [-0.1, -0.05) is 12.1 Å². The van der Waals surface area contributed by atoms with Crippen LogP contribution in [0, 0.1) is 5.92 Å². The number of aliphatic hydroxyl groups is 1. The first kappa shape index (κ1) is 12.1. The average Bonchev–Trinajstić information content (AvgIpc) is 3.13. The first-order valence-corrected chi connectivity index (χ1v) is 6.05. The molecule has 3 nitrogen and oxygen atoms in total. The summed E-state index contributed by atoms with van der Waals surface area (Å²) in [7, 11) is 0. The number of hydrogen-bond acceptors (Lipinski definition) is 3. The van der Waals surface area contributed by atoms with Gasteiger partial charge in [0.25, 0.3) is 0 Å². The molecule has 17 heavy (non-hydrogen) atoms. The lowest BCUT2D eigenvalue weighted by Crippen LogP contribution is -2.23. The Morgan fingerprint density at radius 2 is 2.00 bits per heavy atom. The molecule has 2 rings (SSSR count). The van der Waals surface area contributed by atoms with E-state index in [9.17, 15) is 9.90 Å². The zero-order chi connectivity index (χ0) is 12.5. The zero-order valence-corrected chi connectivity index (χ0v) is 10.3. The van der Waals surface area contributed by atoms with Gasteiger partial charge in [0.15, 0.2) is 0 Å². The molecule has 0 saturated heterocycles. The van der Waals surface area contributed by atoms with Gasteiger partial charge >= 0.3 is 5.97 Å². The first-order chi connectivity index (χ1) is 8.05. The Morgan fingerprint density at radius 3 is 2.47 bits per heavy atom. The molecular weight excluding hydrogens is 216 g/mol. The van der Waals surface area contributed by atoms with E-state index in [1.165, 1.54) is 0 Å². The lowest BCUT2D eigenvalue weighted by atomic mass is 9.90. The summed E-state index contributed by atoms with van der Waals surface area (Å²) in [6.07, 6.45) is 2.15. The van der Waals surface area contributed by atoms with Crippen LogP contribution in [0.2, 0.25) is 0 Å². The van der Waals surface area contributed by atoms with Gasteiger partial charge in [0.05, 0.1) is 17.8 Å². The second kappa shape index (κ2) is 4.49. The van der Waals surface area contributed by atoms with Crippen LogP contribution in [0.5, 0.6) is 0 Å². The third-order valence-electron chi connectivity index (χ3n) is 3.35. The summed E-state index contributed by atoms with van der Waals surface area (Å²) >= 11 is 0. The summed E-state index contributed by atoms with van der Waals surface area (Å²) in [5.74, 6) is 0.0426. The summed E-state index contributed by atoms with van der Waals surface area (Å²) < 4.78 is 4.91. The van der Waals surface area contributed by atoms with Crippen molar-refractivity contribution in [2.45, 2.75) is 32.3 Å². The maximum absolute atomic E-state index is 11.5. The van der Waals surface area contributed by atoms with Crippen molar-refractivity contribution in [2.24, 2.45) is 5.92 Å². The quantitative estimate of drug-likeness (QED) is 0.814. The highest BCUT2D eigenvalue weighted by Gasteiger charge is 2.41. The van der Waals surface area contributed by atoms with Crippen LogP contribution in [0.3, 0.4) is 0 Å². The van der Waals surface area contributed by atoms with Crippen LogP contribution >= 0.6 is 0 Å². The van der Waals surface area contributed by atoms with Crippen LogP contribution in [-0.2, 0) is 10.3 Å². The highest BCUT2D eigenvalue weighted by molar-refractivity contribution is 5.89. The normalized spacial score (nSPS) is 18.5. The molecule has 0 heterocycles. The Hall–Kier alpha value is -1.35. The highest BCUT2D eigenvalue weighted by Crippen LogP contribution is 2.45. The molecule has 0 aliphatic heterocycles. The van der Waals surface area contributed by atoms with Crippen molar-refractivity contribution in [1.29, 1.82) is 0 Å². The van der Waals surface area contributed by atoms with E-state index in [2.05, 4.69) is 0 Å². The van der Waals surface area contributed by atoms with Crippen LogP contribution < -0.4 is 0 Å². The number of carbonyl (C=O) groups is 1. The maximum Gasteiger partial charge on any atom is 0.338 e. The lowest BCUT2D eigenvalue weighted by molar-refractivity contribution is 0.0329. The highest BCUT2D eigenvalue weighted by atomic mass is 16.5. The van der Waals surface area contributed by atoms with Gasteiger partial charge in [-0.2, -0.15) is 0 Å². The molecule has 1 saturated carbocycles. The number of benzene rings is 1. The van der Waals surface area contributed by atoms with Gasteiger partial charge in [0.1, 0.15) is 0 Å². The molecule has 1 N–H and O–H groups in total. The fourth-order valence-corrected chi connectivity index (χ4v) is 2.04. The average molecular weight is 234 g/mol. The van der Waals surface area contributed by atoms with Gasteiger partial charge in [0, 0.05) is 0 Å². The molecule has 1 aliphatic carbocycles. The first-order valence-electron chi connectivity index (χ1n) is 6.05. The maximum atomic E-state index is 11.5. The Labute approximate surface area is 101 Å². The molecule has 1 aliphatic rings. The summed E-state index contributed by atoms with van der Waals surface area (Å²) in [5, 5.41) is 10.3. The number of hydrogen-bond donors (Lipinski definition) is 1. The fourth-order valence-electron chi connectivity index (χ4n) is 2.04. The van der Waals surface area contributed by atoms with Crippen molar-refractivity contribution in [1.82, 2.24) is 0 Å². The Kier molecular flexibility index (Phi) is 3.20. The van der Waals surface area contributed by atoms with E-state index in [1.807, 2.05) is 19.1 Å². The second-order valence-corrected chi connectivity index (χ2v) is 4.72. The summed E-state index contributed by atoms with van der Waals surface area (Å²) in [6, 6.07) is 7.05. The van der Waals surface area contributed by atoms with Gasteiger partial charge in [-0.05, 0) is 50.3 Å². The summed E-state index contributed by atoms with van der Waals surface area (Å²) in [4.78, 5) is 11.5. The molecular formula is C14H18O3. The third-order valence-corrected chi connectivity index (χ3v) is 3.35. The molecule has 0 bridgehead atoms. The van der Waals surface area contributed by atoms with E-state index < -0.39 is 5.60 Å². The van der Waals surface area contributed by atoms with Gasteiger partial charge in [-0.15, -0.1) is 0 Å². The van der Waals surface area contributed by atoms with Gasteiger partial charge in [0.2, 0.25) is 0 Å². The van der Waals surface area contributed by atoms with Crippen molar-refractivity contribution in [3.8, 4) is 0 Å². The molecule has 0 spiro atoms. The van der Waals surface area contributed by atoms with Crippen LogP contribution in [0.15, 0.2) is 24.3 Å². The molecule has 0 amide bonds. The van der Waals surface area contributed by atoms with Crippen molar-refractivity contribution in [3.05, 3.63) is 35.4 Å². The second-order valence-electron chi connectivity index (χ2n) is 4.72. The van der Waals surface area contributed by atoms with E-state index in [1.54, 1.807) is 19.1 Å². The minimum Gasteiger partial charge on any atom is -0.462 e. The molecule has 1 aromatic carbocycles. The number of ether oxygens (including phenoxy) is 1. The monoisotopic (exact) mass is 234 g/mol. The number of rotatable bonds is 4. The minimum atomic E-state index is -0.771.